The van der Waals surface area contributed by atoms with E-state index in [1.54, 1.807) is 13.2 Å². The third kappa shape index (κ3) is 5.86. The Morgan fingerprint density at radius 3 is 2.65 bits per heavy atom. The van der Waals surface area contributed by atoms with Gasteiger partial charge in [0.05, 0.1) is 26.0 Å². The Labute approximate surface area is 186 Å². The maximum absolute atomic E-state index is 12.5. The van der Waals surface area contributed by atoms with Gasteiger partial charge in [0.25, 0.3) is 0 Å². The number of nitrogens with zero attached hydrogens (tertiary/aromatic N) is 4. The number of benzene rings is 2. The summed E-state index contributed by atoms with van der Waals surface area (Å²) in [5.74, 6) is 1.82. The first-order valence-corrected chi connectivity index (χ1v) is 11.4. The van der Waals surface area contributed by atoms with Gasteiger partial charge in [-0.1, -0.05) is 48.2 Å². The minimum Gasteiger partial charge on any atom is -0.497 e. The zero-order chi connectivity index (χ0) is 21.5. The average molecular weight is 438 g/mol. The molecule has 2 aromatic carbocycles. The summed E-state index contributed by atoms with van der Waals surface area (Å²) in [6.45, 7) is 3.68. The van der Waals surface area contributed by atoms with Crippen molar-refractivity contribution >= 4 is 23.4 Å². The SMILES string of the molecule is COc1cccc(NC(=O)CSc2nnc(CN3CCCC3)n2Cc2ccccc2)c1. The highest BCUT2D eigenvalue weighted by Gasteiger charge is 2.19. The van der Waals surface area contributed by atoms with Crippen LogP contribution in [0.5, 0.6) is 5.75 Å². The van der Waals surface area contributed by atoms with Crippen LogP contribution < -0.4 is 10.1 Å². The molecular weight excluding hydrogens is 410 g/mol. The number of carbonyl (C=O) groups is 1. The van der Waals surface area contributed by atoms with Crippen molar-refractivity contribution in [3.8, 4) is 5.75 Å². The minimum atomic E-state index is -0.0893. The van der Waals surface area contributed by atoms with Gasteiger partial charge in [0.1, 0.15) is 11.6 Å². The molecular formula is C23H27N5O2S. The van der Waals surface area contributed by atoms with Gasteiger partial charge < -0.3 is 14.6 Å². The normalized spacial score (nSPS) is 14.0. The molecule has 7 nitrogen and oxygen atoms in total. The molecule has 0 aliphatic carbocycles. The van der Waals surface area contributed by atoms with Crippen molar-refractivity contribution in [3.05, 3.63) is 66.0 Å². The van der Waals surface area contributed by atoms with Crippen molar-refractivity contribution in [2.24, 2.45) is 0 Å². The summed E-state index contributed by atoms with van der Waals surface area (Å²) in [6.07, 6.45) is 2.47. The molecule has 1 aromatic heterocycles. The zero-order valence-corrected chi connectivity index (χ0v) is 18.5. The fourth-order valence-electron chi connectivity index (χ4n) is 3.64. The molecule has 0 unspecified atom stereocenters. The molecule has 2 heterocycles. The van der Waals surface area contributed by atoms with Crippen LogP contribution in [0.25, 0.3) is 0 Å². The summed E-state index contributed by atoms with van der Waals surface area (Å²) in [5, 5.41) is 12.6. The van der Waals surface area contributed by atoms with Gasteiger partial charge in [0, 0.05) is 11.8 Å². The number of carbonyl (C=O) groups excluding carboxylic acids is 1. The van der Waals surface area contributed by atoms with Crippen molar-refractivity contribution in [2.45, 2.75) is 31.1 Å². The first kappa shape index (κ1) is 21.4. The molecule has 1 aliphatic heterocycles. The fraction of sp³-hybridized carbons (Fsp3) is 0.348. The maximum atomic E-state index is 12.5. The molecule has 1 saturated heterocycles. The smallest absolute Gasteiger partial charge is 0.234 e. The van der Waals surface area contributed by atoms with Gasteiger partial charge in [-0.15, -0.1) is 10.2 Å². The van der Waals surface area contributed by atoms with Crippen molar-refractivity contribution < 1.29 is 9.53 Å². The molecule has 0 bridgehead atoms. The summed E-state index contributed by atoms with van der Waals surface area (Å²) in [7, 11) is 1.61. The predicted octanol–water partition coefficient (Wildman–Crippen LogP) is 3.66. The Bertz CT molecular complexity index is 1000. The highest BCUT2D eigenvalue weighted by atomic mass is 32.2. The number of rotatable bonds is 9. The van der Waals surface area contributed by atoms with Crippen molar-refractivity contribution in [1.82, 2.24) is 19.7 Å². The summed E-state index contributed by atoms with van der Waals surface area (Å²) >= 11 is 1.41. The number of amides is 1. The third-order valence-electron chi connectivity index (χ3n) is 5.23. The topological polar surface area (TPSA) is 72.3 Å². The molecule has 8 heteroatoms. The number of hydrogen-bond donors (Lipinski definition) is 1. The number of likely N-dealkylation sites (tertiary alicyclic amines) is 1. The Hall–Kier alpha value is -2.84. The van der Waals surface area contributed by atoms with Crippen LogP contribution in [-0.2, 0) is 17.9 Å². The van der Waals surface area contributed by atoms with E-state index in [0.717, 1.165) is 30.6 Å². The molecule has 3 aromatic rings. The fourth-order valence-corrected chi connectivity index (χ4v) is 4.39. The largest absolute Gasteiger partial charge is 0.497 e. The van der Waals surface area contributed by atoms with E-state index in [1.165, 1.54) is 30.2 Å². The van der Waals surface area contributed by atoms with Gasteiger partial charge in [-0.3, -0.25) is 9.69 Å². The van der Waals surface area contributed by atoms with Crippen LogP contribution >= 0.6 is 11.8 Å². The molecule has 0 saturated carbocycles. The van der Waals surface area contributed by atoms with Crippen LogP contribution in [0.3, 0.4) is 0 Å². The minimum absolute atomic E-state index is 0.0893. The second kappa shape index (κ2) is 10.5. The van der Waals surface area contributed by atoms with Gasteiger partial charge in [0.15, 0.2) is 5.16 Å². The summed E-state index contributed by atoms with van der Waals surface area (Å²) in [6, 6.07) is 17.6. The van der Waals surface area contributed by atoms with Crippen LogP contribution in [-0.4, -0.2) is 51.5 Å². The van der Waals surface area contributed by atoms with Crippen LogP contribution in [0.4, 0.5) is 5.69 Å². The van der Waals surface area contributed by atoms with E-state index in [0.29, 0.717) is 18.0 Å². The number of anilines is 1. The third-order valence-corrected chi connectivity index (χ3v) is 6.19. The van der Waals surface area contributed by atoms with E-state index in [-0.39, 0.29) is 11.7 Å². The Balaban J connectivity index is 1.44. The monoisotopic (exact) mass is 437 g/mol. The average Bonchev–Trinajstić information content (AvgIpc) is 3.44. The molecule has 162 valence electrons. The lowest BCUT2D eigenvalue weighted by atomic mass is 10.2. The van der Waals surface area contributed by atoms with Crippen LogP contribution in [0.1, 0.15) is 24.2 Å². The number of methoxy groups -OCH3 is 1. The van der Waals surface area contributed by atoms with E-state index < -0.39 is 0 Å². The van der Waals surface area contributed by atoms with E-state index in [9.17, 15) is 4.79 Å². The zero-order valence-electron chi connectivity index (χ0n) is 17.7. The quantitative estimate of drug-likeness (QED) is 0.515. The number of hydrogen-bond acceptors (Lipinski definition) is 6. The summed E-state index contributed by atoms with van der Waals surface area (Å²) < 4.78 is 7.35. The van der Waals surface area contributed by atoms with Gasteiger partial charge in [-0.2, -0.15) is 0 Å². The molecule has 1 amide bonds. The van der Waals surface area contributed by atoms with Gasteiger partial charge in [-0.05, 0) is 43.6 Å². The highest BCUT2D eigenvalue weighted by molar-refractivity contribution is 7.99. The van der Waals surface area contributed by atoms with Crippen LogP contribution in [0.15, 0.2) is 59.8 Å². The second-order valence-electron chi connectivity index (χ2n) is 7.52. The Morgan fingerprint density at radius 2 is 1.87 bits per heavy atom. The van der Waals surface area contributed by atoms with Crippen LogP contribution in [0, 0.1) is 0 Å². The number of ether oxygens (including phenoxy) is 1. The predicted molar refractivity (Wildman–Crippen MR) is 122 cm³/mol. The molecule has 0 spiro atoms. The van der Waals surface area contributed by atoms with Gasteiger partial charge in [0.2, 0.25) is 5.91 Å². The van der Waals surface area contributed by atoms with Crippen LogP contribution in [0.2, 0.25) is 0 Å². The number of thioether (sulfide) groups is 1. The highest BCUT2D eigenvalue weighted by Crippen LogP contribution is 2.22. The molecule has 1 N–H and O–H groups in total. The van der Waals surface area contributed by atoms with Gasteiger partial charge in [-0.25, -0.2) is 0 Å². The van der Waals surface area contributed by atoms with E-state index in [1.807, 2.05) is 36.4 Å². The van der Waals surface area contributed by atoms with E-state index >= 15 is 0 Å². The van der Waals surface area contributed by atoms with E-state index in [4.69, 9.17) is 4.74 Å². The Morgan fingerprint density at radius 1 is 1.06 bits per heavy atom. The molecule has 4 rings (SSSR count). The molecule has 0 atom stereocenters. The van der Waals surface area contributed by atoms with Crippen molar-refractivity contribution in [1.29, 1.82) is 0 Å². The lowest BCUT2D eigenvalue weighted by Gasteiger charge is -2.16. The Kier molecular flexibility index (Phi) is 7.22. The van der Waals surface area contributed by atoms with Crippen molar-refractivity contribution in [3.63, 3.8) is 0 Å². The standard InChI is InChI=1S/C23H27N5O2S/c1-30-20-11-7-10-19(14-20)24-22(29)17-31-23-26-25-21(16-27-12-5-6-13-27)28(23)15-18-8-3-2-4-9-18/h2-4,7-11,14H,5-6,12-13,15-17H2,1H3,(H,24,29). The number of nitrogens with one attached hydrogen (secondary N) is 1. The summed E-state index contributed by atoms with van der Waals surface area (Å²) in [5.41, 5.74) is 1.90. The van der Waals surface area contributed by atoms with E-state index in [2.05, 4.69) is 37.1 Å². The maximum Gasteiger partial charge on any atom is 0.234 e. The molecule has 31 heavy (non-hydrogen) atoms. The molecule has 0 radical (unpaired) electrons. The molecule has 1 fully saturated rings. The first-order valence-electron chi connectivity index (χ1n) is 10.5. The lowest BCUT2D eigenvalue weighted by Crippen LogP contribution is -2.22. The van der Waals surface area contributed by atoms with Crippen molar-refractivity contribution in [2.75, 3.05) is 31.3 Å². The lowest BCUT2D eigenvalue weighted by molar-refractivity contribution is -0.113. The molecule has 1 aliphatic rings. The number of aromatic nitrogens is 3. The second-order valence-corrected chi connectivity index (χ2v) is 8.47. The summed E-state index contributed by atoms with van der Waals surface area (Å²) in [4.78, 5) is 14.9. The van der Waals surface area contributed by atoms with Gasteiger partial charge >= 0.3 is 0 Å². The first-order chi connectivity index (χ1) is 15.2.